The predicted octanol–water partition coefficient (Wildman–Crippen LogP) is 4.39. The van der Waals surface area contributed by atoms with E-state index in [1.54, 1.807) is 14.3 Å². The molecule has 2 aromatic rings. The number of aryl methyl sites for hydroxylation is 1. The third-order valence-corrected chi connectivity index (χ3v) is 16.8. The largest absolute Gasteiger partial charge is 0.144 e. The predicted molar refractivity (Wildman–Crippen MR) is 104 cm³/mol. The first-order chi connectivity index (χ1) is 9.92. The van der Waals surface area contributed by atoms with E-state index in [1.807, 2.05) is 10.4 Å². The van der Waals surface area contributed by atoms with Crippen LogP contribution < -0.4 is 14.9 Å². The molecule has 1 spiro atoms. The van der Waals surface area contributed by atoms with Gasteiger partial charge in [-0.15, -0.1) is 22.7 Å². The lowest BCUT2D eigenvalue weighted by molar-refractivity contribution is 0.721. The van der Waals surface area contributed by atoms with Crippen LogP contribution >= 0.6 is 22.7 Å². The Morgan fingerprint density at radius 2 is 1.52 bits per heavy atom. The van der Waals surface area contributed by atoms with Crippen molar-refractivity contribution in [1.29, 1.82) is 0 Å². The Morgan fingerprint density at radius 1 is 0.905 bits per heavy atom. The third kappa shape index (κ3) is 2.02. The van der Waals surface area contributed by atoms with Gasteiger partial charge in [0.1, 0.15) is 8.07 Å². The number of rotatable bonds is 1. The zero-order valence-corrected chi connectivity index (χ0v) is 17.1. The van der Waals surface area contributed by atoms with Crippen LogP contribution in [0.3, 0.4) is 0 Å². The number of thiophene rings is 2. The Hall–Kier alpha value is -0.166. The minimum absolute atomic E-state index is 1.18. The van der Waals surface area contributed by atoms with Crippen LogP contribution in [0, 0.1) is 6.92 Å². The van der Waals surface area contributed by atoms with Gasteiger partial charge >= 0.3 is 0 Å². The van der Waals surface area contributed by atoms with Crippen LogP contribution in [0.1, 0.15) is 24.1 Å². The van der Waals surface area contributed by atoms with Gasteiger partial charge in [0.2, 0.25) is 0 Å². The summed E-state index contributed by atoms with van der Waals surface area (Å²) < 4.78 is 1.74. The van der Waals surface area contributed by atoms with Gasteiger partial charge in [-0.25, -0.2) is 0 Å². The van der Waals surface area contributed by atoms with E-state index in [2.05, 4.69) is 61.4 Å². The van der Waals surface area contributed by atoms with Crippen LogP contribution in [0.2, 0.25) is 31.7 Å². The zero-order valence-electron chi connectivity index (χ0n) is 13.5. The van der Waals surface area contributed by atoms with Crippen molar-refractivity contribution in [2.75, 3.05) is 0 Å². The molecule has 0 saturated carbocycles. The monoisotopic (exact) mass is 348 g/mol. The maximum Gasteiger partial charge on any atom is 0.122 e. The number of fused-ring (bicyclic) bond motifs is 5. The van der Waals surface area contributed by atoms with Crippen molar-refractivity contribution in [2.45, 2.75) is 57.9 Å². The minimum Gasteiger partial charge on any atom is -0.144 e. The standard InChI is InChI=1S/C17H24S2Si2/c1-12-10-13-16(18-12)17-14(11-15(19-17)20(2,3)4)21(13)8-6-5-7-9-21/h10-11H,5-9H2,1-4H3. The van der Waals surface area contributed by atoms with Crippen LogP contribution in [0.15, 0.2) is 12.1 Å². The quantitative estimate of drug-likeness (QED) is 0.671. The number of hydrogen-bond donors (Lipinski definition) is 0. The molecule has 0 unspecified atom stereocenters. The van der Waals surface area contributed by atoms with E-state index in [-0.39, 0.29) is 0 Å². The Bertz CT molecular complexity index is 697. The second kappa shape index (κ2) is 4.67. The summed E-state index contributed by atoms with van der Waals surface area (Å²) in [6.07, 6.45) is 4.41. The molecule has 4 heterocycles. The smallest absolute Gasteiger partial charge is 0.122 e. The molecule has 2 aliphatic rings. The normalized spacial score (nSPS) is 19.8. The van der Waals surface area contributed by atoms with Gasteiger partial charge in [0, 0.05) is 14.6 Å². The first-order valence-corrected chi connectivity index (χ1v) is 15.7. The Balaban J connectivity index is 1.95. The van der Waals surface area contributed by atoms with E-state index in [1.165, 1.54) is 36.2 Å². The SMILES string of the molecule is Cc1cc2c(s1)-c1sc([Si](C)(C)C)cc1[Si]21CCCCC1. The van der Waals surface area contributed by atoms with Crippen LogP contribution in [0.25, 0.3) is 9.75 Å². The van der Waals surface area contributed by atoms with Crippen LogP contribution in [0.5, 0.6) is 0 Å². The van der Waals surface area contributed by atoms with Gasteiger partial charge in [-0.05, 0) is 40.0 Å². The maximum atomic E-state index is 2.69. The molecule has 0 atom stereocenters. The van der Waals surface area contributed by atoms with E-state index >= 15 is 0 Å². The second-order valence-corrected chi connectivity index (χ2v) is 19.8. The van der Waals surface area contributed by atoms with Crippen LogP contribution in [-0.4, -0.2) is 16.1 Å². The lowest BCUT2D eigenvalue weighted by Crippen LogP contribution is -2.56. The Labute approximate surface area is 138 Å². The van der Waals surface area contributed by atoms with Crippen molar-refractivity contribution in [3.63, 3.8) is 0 Å². The van der Waals surface area contributed by atoms with Crippen molar-refractivity contribution in [3.8, 4) is 9.75 Å². The summed E-state index contributed by atoms with van der Waals surface area (Å²) in [6.45, 7) is 9.82. The molecule has 0 radical (unpaired) electrons. The lowest BCUT2D eigenvalue weighted by Gasteiger charge is -2.32. The molecule has 112 valence electrons. The highest BCUT2D eigenvalue weighted by Gasteiger charge is 2.48. The highest BCUT2D eigenvalue weighted by molar-refractivity contribution is 7.35. The minimum atomic E-state index is -1.35. The van der Waals surface area contributed by atoms with Crippen LogP contribution in [0.4, 0.5) is 0 Å². The second-order valence-electron chi connectivity index (χ2n) is 7.85. The molecule has 0 aromatic carbocycles. The van der Waals surface area contributed by atoms with Gasteiger partial charge in [0.25, 0.3) is 0 Å². The average Bonchev–Trinajstić information content (AvgIpc) is 3.06. The summed E-state index contributed by atoms with van der Waals surface area (Å²) in [5.41, 5.74) is 0. The Morgan fingerprint density at radius 3 is 2.19 bits per heavy atom. The van der Waals surface area contributed by atoms with Crippen molar-refractivity contribution in [3.05, 3.63) is 17.0 Å². The molecule has 2 aromatic heterocycles. The van der Waals surface area contributed by atoms with Crippen molar-refractivity contribution in [2.24, 2.45) is 0 Å². The fourth-order valence-electron chi connectivity index (χ4n) is 4.16. The lowest BCUT2D eigenvalue weighted by atomic mass is 10.3. The summed E-state index contributed by atoms with van der Waals surface area (Å²) in [5.74, 6) is 0. The molecule has 2 aliphatic heterocycles. The molecule has 4 heteroatoms. The maximum absolute atomic E-state index is 2.69. The third-order valence-electron chi connectivity index (χ3n) is 5.27. The van der Waals surface area contributed by atoms with Crippen LogP contribution in [-0.2, 0) is 0 Å². The van der Waals surface area contributed by atoms with Gasteiger partial charge in [-0.3, -0.25) is 0 Å². The first-order valence-electron chi connectivity index (χ1n) is 8.18. The average molecular weight is 349 g/mol. The fourth-order valence-corrected chi connectivity index (χ4v) is 15.5. The molecular weight excluding hydrogens is 324 g/mol. The first kappa shape index (κ1) is 14.4. The van der Waals surface area contributed by atoms with Crippen molar-refractivity contribution >= 4 is 53.7 Å². The molecule has 0 aliphatic carbocycles. The van der Waals surface area contributed by atoms with Gasteiger partial charge in [-0.1, -0.05) is 45.0 Å². The summed E-state index contributed by atoms with van der Waals surface area (Å²) >= 11 is 4.23. The van der Waals surface area contributed by atoms with E-state index in [0.29, 0.717) is 0 Å². The zero-order chi connectivity index (χ0) is 14.8. The molecule has 0 amide bonds. The molecule has 1 fully saturated rings. The number of hydrogen-bond acceptors (Lipinski definition) is 2. The fraction of sp³-hybridized carbons (Fsp3) is 0.529. The molecule has 4 rings (SSSR count). The highest BCUT2D eigenvalue weighted by Crippen LogP contribution is 2.43. The van der Waals surface area contributed by atoms with Gasteiger partial charge in [0.05, 0.1) is 8.07 Å². The van der Waals surface area contributed by atoms with E-state index in [0.717, 1.165) is 0 Å². The highest BCUT2D eigenvalue weighted by atomic mass is 32.1. The summed E-state index contributed by atoms with van der Waals surface area (Å²) in [5, 5.41) is 3.68. The van der Waals surface area contributed by atoms with E-state index in [9.17, 15) is 0 Å². The molecular formula is C17H24S2Si2. The van der Waals surface area contributed by atoms with E-state index < -0.39 is 16.1 Å². The van der Waals surface area contributed by atoms with Gasteiger partial charge in [0.15, 0.2) is 0 Å². The summed E-state index contributed by atoms with van der Waals surface area (Å²) in [7, 11) is -2.53. The Kier molecular flexibility index (Phi) is 3.21. The molecule has 1 saturated heterocycles. The van der Waals surface area contributed by atoms with Crippen molar-refractivity contribution < 1.29 is 0 Å². The molecule has 0 bridgehead atoms. The van der Waals surface area contributed by atoms with E-state index in [4.69, 9.17) is 0 Å². The van der Waals surface area contributed by atoms with Gasteiger partial charge < -0.3 is 0 Å². The molecule has 0 N–H and O–H groups in total. The molecule has 21 heavy (non-hydrogen) atoms. The summed E-state index contributed by atoms with van der Waals surface area (Å²) in [6, 6.07) is 8.29. The topological polar surface area (TPSA) is 0 Å². The van der Waals surface area contributed by atoms with Gasteiger partial charge in [-0.2, -0.15) is 0 Å². The molecule has 0 nitrogen and oxygen atoms in total. The summed E-state index contributed by atoms with van der Waals surface area (Å²) in [4.78, 5) is 4.92. The van der Waals surface area contributed by atoms with Crippen molar-refractivity contribution in [1.82, 2.24) is 0 Å².